The van der Waals surface area contributed by atoms with Crippen LogP contribution in [0.25, 0.3) is 0 Å². The second-order valence-corrected chi connectivity index (χ2v) is 8.76. The Bertz CT molecular complexity index is 1090. The summed E-state index contributed by atoms with van der Waals surface area (Å²) in [4.78, 5) is 4.56. The molecule has 4 rings (SSSR count). The van der Waals surface area contributed by atoms with Crippen molar-refractivity contribution in [3.05, 3.63) is 114 Å². The molecule has 33 heavy (non-hydrogen) atoms. The zero-order chi connectivity index (χ0) is 23.2. The highest BCUT2D eigenvalue weighted by Gasteiger charge is 2.30. The summed E-state index contributed by atoms with van der Waals surface area (Å²) in [5, 5.41) is 18.4. The fraction of sp³-hybridized carbons (Fsp3) is 0.259. The van der Waals surface area contributed by atoms with Gasteiger partial charge >= 0.3 is 0 Å². The zero-order valence-corrected chi connectivity index (χ0v) is 19.1. The van der Waals surface area contributed by atoms with E-state index in [4.69, 9.17) is 9.26 Å². The summed E-state index contributed by atoms with van der Waals surface area (Å²) in [5.74, 6) is 1.45. The molecule has 4 aromatic rings. The molecule has 0 bridgehead atoms. The molecule has 0 atom stereocenters. The van der Waals surface area contributed by atoms with E-state index in [0.717, 1.165) is 18.7 Å². The van der Waals surface area contributed by atoms with Gasteiger partial charge in [-0.05, 0) is 23.3 Å². The molecule has 0 amide bonds. The smallest absolute Gasteiger partial charge is 0.281 e. The lowest BCUT2D eigenvalue weighted by molar-refractivity contribution is -0.905. The summed E-state index contributed by atoms with van der Waals surface area (Å²) < 4.78 is 12.0. The molecule has 0 aliphatic heterocycles. The molecule has 0 unspecified atom stereocenters. The van der Waals surface area contributed by atoms with Crippen molar-refractivity contribution in [3.8, 4) is 5.75 Å². The van der Waals surface area contributed by atoms with Crippen molar-refractivity contribution in [2.45, 2.75) is 18.6 Å². The molecule has 3 aromatic carbocycles. The van der Waals surface area contributed by atoms with Crippen LogP contribution in [0.2, 0.25) is 0 Å². The zero-order valence-electron chi connectivity index (χ0n) is 19.1. The fourth-order valence-corrected chi connectivity index (χ4v) is 3.88. The number of benzene rings is 3. The van der Waals surface area contributed by atoms with Crippen LogP contribution in [0.4, 0.5) is 0 Å². The van der Waals surface area contributed by atoms with Crippen LogP contribution < -0.4 is 9.84 Å². The number of aromatic nitrogens is 2. The molecular formula is C27H29N3O3. The number of ether oxygens (including phenoxy) is 1. The van der Waals surface area contributed by atoms with E-state index in [1.54, 1.807) is 0 Å². The normalized spacial score (nSPS) is 12.0. The first-order valence-electron chi connectivity index (χ1n) is 11.1. The Hall–Kier alpha value is -3.48. The predicted molar refractivity (Wildman–Crippen MR) is 124 cm³/mol. The lowest BCUT2D eigenvalue weighted by Crippen LogP contribution is -2.44. The van der Waals surface area contributed by atoms with Gasteiger partial charge in [-0.2, -0.15) is 4.98 Å². The van der Waals surface area contributed by atoms with Gasteiger partial charge in [-0.15, -0.1) is 0 Å². The topological polar surface area (TPSA) is 71.2 Å². The molecule has 6 nitrogen and oxygen atoms in total. The van der Waals surface area contributed by atoms with E-state index in [1.165, 1.54) is 0 Å². The number of nitrogens with zero attached hydrogens (tertiary/aromatic N) is 3. The maximum Gasteiger partial charge on any atom is 0.281 e. The Balaban J connectivity index is 1.46. The van der Waals surface area contributed by atoms with Gasteiger partial charge in [0, 0.05) is 12.0 Å². The minimum Gasteiger partial charge on any atom is -0.837 e. The summed E-state index contributed by atoms with van der Waals surface area (Å²) in [6.45, 7) is 2.02. The Morgan fingerprint density at radius 2 is 1.39 bits per heavy atom. The van der Waals surface area contributed by atoms with E-state index < -0.39 is 5.60 Å². The standard InChI is InChI=1S/C27H29N3O3/c1-30(2,19-12-20-32-24-17-10-5-11-18-24)21-25-28-26(29-33-25)27(31,22-13-6-3-7-14-22)23-15-8-4-9-16-23/h3-11,13-18H,12,19-21H2,1-2H3. The van der Waals surface area contributed by atoms with Crippen molar-refractivity contribution in [1.82, 2.24) is 10.1 Å². The highest BCUT2D eigenvalue weighted by atomic mass is 16.5. The van der Waals surface area contributed by atoms with Gasteiger partial charge in [0.1, 0.15) is 5.75 Å². The first-order valence-corrected chi connectivity index (χ1v) is 11.1. The van der Waals surface area contributed by atoms with Crippen LogP contribution >= 0.6 is 0 Å². The van der Waals surface area contributed by atoms with Gasteiger partial charge in [0.2, 0.25) is 0 Å². The van der Waals surface area contributed by atoms with Crippen molar-refractivity contribution in [2.75, 3.05) is 27.2 Å². The van der Waals surface area contributed by atoms with Crippen LogP contribution in [0.15, 0.2) is 95.5 Å². The number of rotatable bonds is 10. The lowest BCUT2D eigenvalue weighted by atomic mass is 9.85. The van der Waals surface area contributed by atoms with Gasteiger partial charge in [-0.3, -0.25) is 0 Å². The van der Waals surface area contributed by atoms with Gasteiger partial charge in [-0.25, -0.2) is 0 Å². The first kappa shape index (κ1) is 22.7. The monoisotopic (exact) mass is 443 g/mol. The highest BCUT2D eigenvalue weighted by Crippen LogP contribution is 2.32. The molecule has 170 valence electrons. The van der Waals surface area contributed by atoms with Crippen LogP contribution in [0.1, 0.15) is 29.3 Å². The van der Waals surface area contributed by atoms with E-state index in [2.05, 4.69) is 24.2 Å². The third kappa shape index (κ3) is 5.48. The van der Waals surface area contributed by atoms with Crippen LogP contribution in [0.5, 0.6) is 5.75 Å². The van der Waals surface area contributed by atoms with E-state index >= 15 is 0 Å². The maximum atomic E-state index is 14.2. The van der Waals surface area contributed by atoms with E-state index in [0.29, 0.717) is 34.7 Å². The van der Waals surface area contributed by atoms with E-state index in [-0.39, 0.29) is 5.82 Å². The molecule has 1 aromatic heterocycles. The van der Waals surface area contributed by atoms with Crippen molar-refractivity contribution >= 4 is 0 Å². The second kappa shape index (κ2) is 9.98. The molecule has 0 aliphatic rings. The van der Waals surface area contributed by atoms with E-state index in [1.807, 2.05) is 91.0 Å². The van der Waals surface area contributed by atoms with Crippen LogP contribution in [-0.4, -0.2) is 41.9 Å². The van der Waals surface area contributed by atoms with Gasteiger partial charge < -0.3 is 18.8 Å². The predicted octanol–water partition coefficient (Wildman–Crippen LogP) is 3.77. The summed E-state index contributed by atoms with van der Waals surface area (Å²) in [5.41, 5.74) is -0.587. The number of quaternary nitrogens is 1. The third-order valence-corrected chi connectivity index (χ3v) is 5.63. The Morgan fingerprint density at radius 1 is 0.848 bits per heavy atom. The summed E-state index contributed by atoms with van der Waals surface area (Å²) in [6.07, 6.45) is 0.877. The summed E-state index contributed by atoms with van der Waals surface area (Å²) >= 11 is 0. The third-order valence-electron chi connectivity index (χ3n) is 5.63. The van der Waals surface area contributed by atoms with E-state index in [9.17, 15) is 5.11 Å². The van der Waals surface area contributed by atoms with Gasteiger partial charge in [0.25, 0.3) is 5.89 Å². The maximum absolute atomic E-state index is 14.2. The molecule has 0 spiro atoms. The van der Waals surface area contributed by atoms with Gasteiger partial charge in [-0.1, -0.05) is 84.0 Å². The SMILES string of the molecule is C[N+](C)(CCCOc1ccccc1)Cc1nc(C([O-])(c2ccccc2)c2ccccc2)no1. The average Bonchev–Trinajstić information content (AvgIpc) is 3.31. The van der Waals surface area contributed by atoms with Crippen LogP contribution in [0, 0.1) is 0 Å². The molecule has 0 radical (unpaired) electrons. The molecule has 0 saturated heterocycles. The molecule has 1 heterocycles. The van der Waals surface area contributed by atoms with Crippen LogP contribution in [0.3, 0.4) is 0 Å². The largest absolute Gasteiger partial charge is 0.837 e. The summed E-state index contributed by atoms with van der Waals surface area (Å²) in [7, 11) is 4.20. The van der Waals surface area contributed by atoms with Crippen molar-refractivity contribution < 1.29 is 18.8 Å². The molecule has 0 aliphatic carbocycles. The molecule has 6 heteroatoms. The quantitative estimate of drug-likeness (QED) is 0.276. The average molecular weight is 444 g/mol. The minimum atomic E-state index is -1.75. The fourth-order valence-electron chi connectivity index (χ4n) is 3.88. The molecule has 0 saturated carbocycles. The Morgan fingerprint density at radius 3 is 1.97 bits per heavy atom. The Kier molecular flexibility index (Phi) is 6.87. The van der Waals surface area contributed by atoms with Gasteiger partial charge in [0.05, 0.1) is 27.2 Å². The van der Waals surface area contributed by atoms with Crippen molar-refractivity contribution in [3.63, 3.8) is 0 Å². The molecule has 0 N–H and O–H groups in total. The molecular weight excluding hydrogens is 414 g/mol. The number of hydrogen-bond donors (Lipinski definition) is 0. The van der Waals surface area contributed by atoms with Gasteiger partial charge in [0.15, 0.2) is 12.4 Å². The lowest BCUT2D eigenvalue weighted by Gasteiger charge is -2.38. The number of para-hydroxylation sites is 1. The van der Waals surface area contributed by atoms with Crippen molar-refractivity contribution in [2.24, 2.45) is 0 Å². The number of hydrogen-bond acceptors (Lipinski definition) is 5. The van der Waals surface area contributed by atoms with Crippen LogP contribution in [-0.2, 0) is 12.1 Å². The minimum absolute atomic E-state index is 0.127. The Labute approximate surface area is 194 Å². The van der Waals surface area contributed by atoms with Crippen molar-refractivity contribution in [1.29, 1.82) is 0 Å². The second-order valence-electron chi connectivity index (χ2n) is 8.76. The highest BCUT2D eigenvalue weighted by molar-refractivity contribution is 5.41. The summed E-state index contributed by atoms with van der Waals surface area (Å²) in [6, 6.07) is 28.2. The first-order chi connectivity index (χ1) is 16.0. The molecule has 0 fully saturated rings.